The standard InChI is InChI=1S/C15H25N3O3/c1-21-10-15(4-6-16-7-5-15)14(20)17-11-8-13(19)18(9-11)12-2-3-12/h11-12,16H,2-10H2,1H3,(H,17,20). The normalized spacial score (nSPS) is 28.7. The molecule has 2 saturated heterocycles. The lowest BCUT2D eigenvalue weighted by Crippen LogP contribution is -2.52. The molecule has 2 heterocycles. The first-order valence-electron chi connectivity index (χ1n) is 7.95. The van der Waals surface area contributed by atoms with Crippen molar-refractivity contribution < 1.29 is 14.3 Å². The van der Waals surface area contributed by atoms with Crippen molar-refractivity contribution in [3.8, 4) is 0 Å². The number of nitrogens with zero attached hydrogens (tertiary/aromatic N) is 1. The number of hydrogen-bond acceptors (Lipinski definition) is 4. The van der Waals surface area contributed by atoms with Gasteiger partial charge < -0.3 is 20.3 Å². The largest absolute Gasteiger partial charge is 0.384 e. The summed E-state index contributed by atoms with van der Waals surface area (Å²) in [4.78, 5) is 26.6. The Kier molecular flexibility index (Phi) is 4.17. The van der Waals surface area contributed by atoms with Gasteiger partial charge in [0, 0.05) is 26.1 Å². The zero-order valence-corrected chi connectivity index (χ0v) is 12.7. The number of amides is 2. The predicted molar refractivity (Wildman–Crippen MR) is 77.7 cm³/mol. The summed E-state index contributed by atoms with van der Waals surface area (Å²) in [6.45, 7) is 2.81. The van der Waals surface area contributed by atoms with Gasteiger partial charge >= 0.3 is 0 Å². The number of piperidine rings is 1. The molecule has 0 bridgehead atoms. The molecule has 1 aliphatic carbocycles. The van der Waals surface area contributed by atoms with Crippen LogP contribution in [0.2, 0.25) is 0 Å². The van der Waals surface area contributed by atoms with E-state index < -0.39 is 5.41 Å². The van der Waals surface area contributed by atoms with E-state index in [1.165, 1.54) is 0 Å². The van der Waals surface area contributed by atoms with Crippen LogP contribution in [0.1, 0.15) is 32.1 Å². The minimum absolute atomic E-state index is 0.0331. The second kappa shape index (κ2) is 5.93. The van der Waals surface area contributed by atoms with Gasteiger partial charge in [-0.15, -0.1) is 0 Å². The average molecular weight is 295 g/mol. The Morgan fingerprint density at radius 1 is 1.43 bits per heavy atom. The van der Waals surface area contributed by atoms with E-state index in [-0.39, 0.29) is 17.9 Å². The first kappa shape index (κ1) is 14.8. The molecule has 2 N–H and O–H groups in total. The van der Waals surface area contributed by atoms with E-state index in [1.807, 2.05) is 4.90 Å². The van der Waals surface area contributed by atoms with Crippen molar-refractivity contribution in [2.24, 2.45) is 5.41 Å². The fourth-order valence-corrected chi connectivity index (χ4v) is 3.52. The lowest BCUT2D eigenvalue weighted by molar-refractivity contribution is -0.136. The van der Waals surface area contributed by atoms with Crippen molar-refractivity contribution in [2.75, 3.05) is 33.4 Å². The van der Waals surface area contributed by atoms with Gasteiger partial charge in [0.2, 0.25) is 11.8 Å². The molecule has 0 aromatic heterocycles. The van der Waals surface area contributed by atoms with E-state index in [2.05, 4.69) is 10.6 Å². The van der Waals surface area contributed by atoms with Gasteiger partial charge in [0.1, 0.15) is 0 Å². The minimum Gasteiger partial charge on any atom is -0.384 e. The zero-order valence-electron chi connectivity index (χ0n) is 12.7. The molecule has 2 amide bonds. The number of carbonyl (C=O) groups is 2. The highest BCUT2D eigenvalue weighted by molar-refractivity contribution is 5.86. The number of hydrogen-bond donors (Lipinski definition) is 2. The summed E-state index contributed by atoms with van der Waals surface area (Å²) in [5.41, 5.74) is -0.434. The van der Waals surface area contributed by atoms with Crippen LogP contribution in [-0.2, 0) is 14.3 Å². The van der Waals surface area contributed by atoms with Crippen molar-refractivity contribution in [1.29, 1.82) is 0 Å². The first-order valence-corrected chi connectivity index (χ1v) is 7.95. The van der Waals surface area contributed by atoms with Crippen LogP contribution in [0.4, 0.5) is 0 Å². The molecule has 3 rings (SSSR count). The molecular weight excluding hydrogens is 270 g/mol. The molecule has 0 radical (unpaired) electrons. The van der Waals surface area contributed by atoms with Gasteiger partial charge in [-0.1, -0.05) is 0 Å². The minimum atomic E-state index is -0.434. The van der Waals surface area contributed by atoms with Gasteiger partial charge in [-0.3, -0.25) is 9.59 Å². The molecule has 1 saturated carbocycles. The molecule has 2 aliphatic heterocycles. The van der Waals surface area contributed by atoms with E-state index in [1.54, 1.807) is 7.11 Å². The smallest absolute Gasteiger partial charge is 0.228 e. The number of carbonyl (C=O) groups excluding carboxylic acids is 2. The van der Waals surface area contributed by atoms with Crippen molar-refractivity contribution >= 4 is 11.8 Å². The zero-order chi connectivity index (χ0) is 14.9. The SMILES string of the molecule is COCC1(C(=O)NC2CC(=O)N(C3CC3)C2)CCNCC1. The number of nitrogens with one attached hydrogen (secondary N) is 2. The molecule has 3 aliphatic rings. The van der Waals surface area contributed by atoms with Crippen LogP contribution in [-0.4, -0.2) is 62.1 Å². The van der Waals surface area contributed by atoms with Crippen molar-refractivity contribution in [3.63, 3.8) is 0 Å². The number of methoxy groups -OCH3 is 1. The fraction of sp³-hybridized carbons (Fsp3) is 0.867. The Balaban J connectivity index is 1.60. The van der Waals surface area contributed by atoms with Crippen LogP contribution >= 0.6 is 0 Å². The Labute approximate surface area is 125 Å². The summed E-state index contributed by atoms with van der Waals surface area (Å²) in [7, 11) is 1.64. The molecule has 6 heteroatoms. The van der Waals surface area contributed by atoms with Crippen LogP contribution in [0.3, 0.4) is 0 Å². The first-order chi connectivity index (χ1) is 10.1. The van der Waals surface area contributed by atoms with Crippen LogP contribution in [0.5, 0.6) is 0 Å². The van der Waals surface area contributed by atoms with E-state index in [4.69, 9.17) is 4.74 Å². The van der Waals surface area contributed by atoms with Crippen LogP contribution in [0.25, 0.3) is 0 Å². The summed E-state index contributed by atoms with van der Waals surface area (Å²) in [6, 6.07) is 0.403. The Bertz CT molecular complexity index is 411. The van der Waals surface area contributed by atoms with E-state index >= 15 is 0 Å². The van der Waals surface area contributed by atoms with Crippen molar-refractivity contribution in [1.82, 2.24) is 15.5 Å². The van der Waals surface area contributed by atoms with Gasteiger partial charge in [-0.2, -0.15) is 0 Å². The summed E-state index contributed by atoms with van der Waals surface area (Å²) in [5.74, 6) is 0.246. The molecule has 6 nitrogen and oxygen atoms in total. The van der Waals surface area contributed by atoms with E-state index in [9.17, 15) is 9.59 Å². The molecule has 0 aromatic rings. The number of likely N-dealkylation sites (tertiary alicyclic amines) is 1. The third-order valence-corrected chi connectivity index (χ3v) is 4.94. The maximum atomic E-state index is 12.7. The van der Waals surface area contributed by atoms with Crippen LogP contribution < -0.4 is 10.6 Å². The van der Waals surface area contributed by atoms with Crippen molar-refractivity contribution in [2.45, 2.75) is 44.2 Å². The van der Waals surface area contributed by atoms with Crippen LogP contribution in [0.15, 0.2) is 0 Å². The Morgan fingerprint density at radius 2 is 2.14 bits per heavy atom. The lowest BCUT2D eigenvalue weighted by Gasteiger charge is -2.36. The average Bonchev–Trinajstić information content (AvgIpc) is 3.24. The number of rotatable bonds is 5. The lowest BCUT2D eigenvalue weighted by atomic mass is 9.78. The molecule has 118 valence electrons. The molecular formula is C15H25N3O3. The molecule has 3 fully saturated rings. The van der Waals surface area contributed by atoms with Gasteiger partial charge in [-0.05, 0) is 38.8 Å². The van der Waals surface area contributed by atoms with Gasteiger partial charge in [0.25, 0.3) is 0 Å². The summed E-state index contributed by atoms with van der Waals surface area (Å²) in [5, 5.41) is 6.39. The number of ether oxygens (including phenoxy) is 1. The quantitative estimate of drug-likeness (QED) is 0.742. The third-order valence-electron chi connectivity index (χ3n) is 4.94. The van der Waals surface area contributed by atoms with E-state index in [0.29, 0.717) is 25.6 Å². The predicted octanol–water partition coefficient (Wildman–Crippen LogP) is -0.118. The summed E-state index contributed by atoms with van der Waals surface area (Å²) in [6.07, 6.45) is 4.26. The maximum Gasteiger partial charge on any atom is 0.228 e. The summed E-state index contributed by atoms with van der Waals surface area (Å²) >= 11 is 0. The van der Waals surface area contributed by atoms with Crippen molar-refractivity contribution in [3.05, 3.63) is 0 Å². The highest BCUT2D eigenvalue weighted by atomic mass is 16.5. The highest BCUT2D eigenvalue weighted by Gasteiger charge is 2.44. The monoisotopic (exact) mass is 295 g/mol. The topological polar surface area (TPSA) is 70.7 Å². The molecule has 1 atom stereocenters. The third kappa shape index (κ3) is 3.06. The van der Waals surface area contributed by atoms with Gasteiger partial charge in [0.05, 0.1) is 18.1 Å². The second-order valence-electron chi connectivity index (χ2n) is 6.62. The fourth-order valence-electron chi connectivity index (χ4n) is 3.52. The maximum absolute atomic E-state index is 12.7. The Hall–Kier alpha value is -1.14. The van der Waals surface area contributed by atoms with Gasteiger partial charge in [-0.25, -0.2) is 0 Å². The molecule has 0 aromatic carbocycles. The molecule has 0 spiro atoms. The van der Waals surface area contributed by atoms with Crippen LogP contribution in [0, 0.1) is 5.41 Å². The van der Waals surface area contributed by atoms with Gasteiger partial charge in [0.15, 0.2) is 0 Å². The molecule has 1 unspecified atom stereocenters. The van der Waals surface area contributed by atoms with E-state index in [0.717, 1.165) is 38.8 Å². The highest BCUT2D eigenvalue weighted by Crippen LogP contribution is 2.32. The Morgan fingerprint density at radius 3 is 2.76 bits per heavy atom. The molecule has 21 heavy (non-hydrogen) atoms. The summed E-state index contributed by atoms with van der Waals surface area (Å²) < 4.78 is 5.29. The second-order valence-corrected chi connectivity index (χ2v) is 6.62.